The number of rotatable bonds is 1. The fourth-order valence-corrected chi connectivity index (χ4v) is 10.4. The Kier molecular flexibility index (Phi) is 4.60. The molecule has 30 heavy (non-hydrogen) atoms. The molecule has 0 aromatic carbocycles. The molecule has 2 saturated heterocycles. The zero-order valence-electron chi connectivity index (χ0n) is 19.4. The number of aliphatic hydroxyl groups excluding tert-OH is 2. The Balaban J connectivity index is 1.35. The lowest BCUT2D eigenvalue weighted by atomic mass is 9.46. The van der Waals surface area contributed by atoms with Gasteiger partial charge in [-0.25, -0.2) is 0 Å². The van der Waals surface area contributed by atoms with Crippen LogP contribution in [0, 0.1) is 46.3 Å². The van der Waals surface area contributed by atoms with Crippen molar-refractivity contribution in [3.8, 4) is 0 Å². The first-order valence-electron chi connectivity index (χ1n) is 13.1. The van der Waals surface area contributed by atoms with E-state index in [4.69, 9.17) is 0 Å². The van der Waals surface area contributed by atoms with Gasteiger partial charge in [0.15, 0.2) is 0 Å². The molecule has 0 spiro atoms. The Hall–Kier alpha value is -0.380. The molecule has 2 heterocycles. The molecule has 0 aromatic heterocycles. The van der Waals surface area contributed by atoms with Gasteiger partial charge < -0.3 is 10.2 Å². The monoisotopic (exact) mass is 413 g/mol. The van der Waals surface area contributed by atoms with Crippen molar-refractivity contribution in [1.82, 2.24) is 4.90 Å². The summed E-state index contributed by atoms with van der Waals surface area (Å²) in [5.41, 5.74) is 2.03. The van der Waals surface area contributed by atoms with Crippen molar-refractivity contribution in [3.63, 3.8) is 0 Å². The maximum Gasteiger partial charge on any atom is 0.0577 e. The lowest BCUT2D eigenvalue weighted by molar-refractivity contribution is -0.0890. The van der Waals surface area contributed by atoms with E-state index in [0.717, 1.165) is 55.0 Å². The molecule has 3 nitrogen and oxygen atoms in total. The predicted octanol–water partition coefficient (Wildman–Crippen LogP) is 4.63. The third kappa shape index (κ3) is 2.49. The van der Waals surface area contributed by atoms with Gasteiger partial charge in [-0.2, -0.15) is 0 Å². The first-order valence-corrected chi connectivity index (χ1v) is 13.1. The highest BCUT2D eigenvalue weighted by Crippen LogP contribution is 2.69. The van der Waals surface area contributed by atoms with Gasteiger partial charge in [0.05, 0.1) is 6.10 Å². The topological polar surface area (TPSA) is 43.7 Å². The molecule has 3 saturated carbocycles. The lowest BCUT2D eigenvalue weighted by Crippen LogP contribution is -2.53. The van der Waals surface area contributed by atoms with Crippen molar-refractivity contribution in [2.24, 2.45) is 46.3 Å². The van der Waals surface area contributed by atoms with Crippen LogP contribution in [0.1, 0.15) is 78.6 Å². The molecule has 6 rings (SSSR count). The van der Waals surface area contributed by atoms with E-state index >= 15 is 0 Å². The Morgan fingerprint density at radius 3 is 2.70 bits per heavy atom. The van der Waals surface area contributed by atoms with E-state index in [0.29, 0.717) is 23.9 Å². The zero-order chi connectivity index (χ0) is 20.8. The molecule has 0 aromatic rings. The summed E-state index contributed by atoms with van der Waals surface area (Å²) in [6.07, 6.45) is 13.3. The summed E-state index contributed by atoms with van der Waals surface area (Å²) in [5.74, 6) is 4.48. The van der Waals surface area contributed by atoms with Gasteiger partial charge >= 0.3 is 0 Å². The van der Waals surface area contributed by atoms with E-state index in [1.54, 1.807) is 5.57 Å². The van der Waals surface area contributed by atoms with Gasteiger partial charge in [0, 0.05) is 30.7 Å². The number of hydrogen-bond donors (Lipinski definition) is 2. The molecule has 5 fully saturated rings. The molecule has 0 unspecified atom stereocenters. The van der Waals surface area contributed by atoms with Gasteiger partial charge in [0.1, 0.15) is 0 Å². The quantitative estimate of drug-likeness (QED) is 0.616. The number of aliphatic hydroxyl groups is 2. The average molecular weight is 414 g/mol. The van der Waals surface area contributed by atoms with Gasteiger partial charge in [-0.3, -0.25) is 4.90 Å². The largest absolute Gasteiger partial charge is 0.396 e. The lowest BCUT2D eigenvalue weighted by Gasteiger charge is -2.58. The smallest absolute Gasteiger partial charge is 0.0577 e. The van der Waals surface area contributed by atoms with E-state index in [-0.39, 0.29) is 11.5 Å². The van der Waals surface area contributed by atoms with E-state index in [9.17, 15) is 10.2 Å². The van der Waals surface area contributed by atoms with E-state index in [1.165, 1.54) is 45.1 Å². The first kappa shape index (κ1) is 20.2. The van der Waals surface area contributed by atoms with Crippen LogP contribution < -0.4 is 0 Å². The summed E-state index contributed by atoms with van der Waals surface area (Å²) >= 11 is 0. The highest BCUT2D eigenvalue weighted by Gasteiger charge is 2.67. The van der Waals surface area contributed by atoms with Crippen LogP contribution in [0.5, 0.6) is 0 Å². The summed E-state index contributed by atoms with van der Waals surface area (Å²) in [5, 5.41) is 21.2. The summed E-state index contributed by atoms with van der Waals surface area (Å²) in [7, 11) is 0. The molecule has 4 aliphatic carbocycles. The molecule has 0 amide bonds. The number of nitrogens with zero attached hydrogens (tertiary/aromatic N) is 1. The molecular formula is C27H43NO2. The normalized spacial score (nSPS) is 57.6. The minimum absolute atomic E-state index is 0.120. The molecule has 6 aliphatic rings. The van der Waals surface area contributed by atoms with Gasteiger partial charge in [-0.15, -0.1) is 0 Å². The maximum absolute atomic E-state index is 11.0. The van der Waals surface area contributed by atoms with Crippen LogP contribution in [0.2, 0.25) is 0 Å². The van der Waals surface area contributed by atoms with Crippen LogP contribution in [0.4, 0.5) is 0 Å². The van der Waals surface area contributed by atoms with Crippen molar-refractivity contribution >= 4 is 0 Å². The van der Waals surface area contributed by atoms with Crippen molar-refractivity contribution in [2.45, 2.75) is 96.7 Å². The Morgan fingerprint density at radius 1 is 1.07 bits per heavy atom. The van der Waals surface area contributed by atoms with Crippen LogP contribution in [-0.4, -0.2) is 46.5 Å². The van der Waals surface area contributed by atoms with Crippen LogP contribution in [-0.2, 0) is 0 Å². The minimum Gasteiger partial charge on any atom is -0.396 e. The van der Waals surface area contributed by atoms with Crippen molar-refractivity contribution in [2.75, 3.05) is 13.2 Å². The fourth-order valence-electron chi connectivity index (χ4n) is 10.4. The third-order valence-electron chi connectivity index (χ3n) is 11.7. The van der Waals surface area contributed by atoms with Crippen LogP contribution in [0.3, 0.4) is 0 Å². The summed E-state index contributed by atoms with van der Waals surface area (Å²) in [4.78, 5) is 2.93. The molecule has 11 atom stereocenters. The van der Waals surface area contributed by atoms with Crippen LogP contribution in [0.25, 0.3) is 0 Å². The maximum atomic E-state index is 11.0. The highest BCUT2D eigenvalue weighted by molar-refractivity contribution is 5.27. The second-order valence-corrected chi connectivity index (χ2v) is 12.7. The summed E-state index contributed by atoms with van der Waals surface area (Å²) < 4.78 is 0. The van der Waals surface area contributed by atoms with Gasteiger partial charge in [-0.1, -0.05) is 32.4 Å². The SMILES string of the molecule is C[C@H]1CC[C@@H]2[C@@H](C)[C@@H]3[C@H](C[C@@H]4[C@@H]5CC=C6C[C@H](O)CC[C@]6(C)[C@@H]5CC[C@]34CO)N2C1. The molecule has 3 heteroatoms. The number of fused-ring (bicyclic) bond motifs is 9. The van der Waals surface area contributed by atoms with Crippen molar-refractivity contribution in [3.05, 3.63) is 11.6 Å². The van der Waals surface area contributed by atoms with Crippen molar-refractivity contribution < 1.29 is 10.2 Å². The molecular weight excluding hydrogens is 370 g/mol. The van der Waals surface area contributed by atoms with Crippen molar-refractivity contribution in [1.29, 1.82) is 0 Å². The fraction of sp³-hybridized carbons (Fsp3) is 0.926. The van der Waals surface area contributed by atoms with E-state index in [1.807, 2.05) is 0 Å². The third-order valence-corrected chi connectivity index (χ3v) is 11.7. The second-order valence-electron chi connectivity index (χ2n) is 12.7. The zero-order valence-corrected chi connectivity index (χ0v) is 19.4. The van der Waals surface area contributed by atoms with Gasteiger partial charge in [0.2, 0.25) is 0 Å². The highest BCUT2D eigenvalue weighted by atomic mass is 16.3. The summed E-state index contributed by atoms with van der Waals surface area (Å²) in [6.45, 7) is 9.20. The molecule has 2 aliphatic heterocycles. The Bertz CT molecular complexity index is 734. The average Bonchev–Trinajstić information content (AvgIpc) is 3.22. The Morgan fingerprint density at radius 2 is 1.90 bits per heavy atom. The van der Waals surface area contributed by atoms with E-state index in [2.05, 4.69) is 31.7 Å². The van der Waals surface area contributed by atoms with E-state index < -0.39 is 0 Å². The standard InChI is InChI=1S/C27H43NO2/c1-16-4-7-23-17(2)25-24(28(23)14-16)13-22-20-6-5-18-12-19(30)8-10-26(18,3)21(20)9-11-27(22,25)15-29/h5,16-17,19-25,29-30H,4,6-15H2,1-3H3/t16-,17+,19+,20+,21+,22+,23+,24-,25+,26-,27+/m0/s1. The number of allylic oxidation sites excluding steroid dienone is 1. The molecule has 0 bridgehead atoms. The predicted molar refractivity (Wildman–Crippen MR) is 120 cm³/mol. The minimum atomic E-state index is -0.120. The first-order chi connectivity index (χ1) is 14.4. The number of hydrogen-bond acceptors (Lipinski definition) is 3. The molecule has 168 valence electrons. The van der Waals surface area contributed by atoms with Gasteiger partial charge in [0.25, 0.3) is 0 Å². The van der Waals surface area contributed by atoms with Crippen LogP contribution >= 0.6 is 0 Å². The second kappa shape index (κ2) is 6.81. The Labute approximate surface area is 183 Å². The number of piperidine rings is 1. The van der Waals surface area contributed by atoms with Crippen LogP contribution in [0.15, 0.2) is 11.6 Å². The molecule has 2 N–H and O–H groups in total. The summed E-state index contributed by atoms with van der Waals surface area (Å²) in [6, 6.07) is 1.49. The molecule has 0 radical (unpaired) electrons. The van der Waals surface area contributed by atoms with Gasteiger partial charge in [-0.05, 0) is 98.7 Å².